The van der Waals surface area contributed by atoms with Gasteiger partial charge < -0.3 is 5.73 Å². The first-order valence-corrected chi connectivity index (χ1v) is 5.30. The SMILES string of the molecule is Cn1nc(-c2ccc(F)cc2F)cc1CCN. The number of benzene rings is 1. The molecule has 3 nitrogen and oxygen atoms in total. The number of rotatable bonds is 3. The normalized spacial score (nSPS) is 10.8. The summed E-state index contributed by atoms with van der Waals surface area (Å²) in [5.74, 6) is -1.20. The summed E-state index contributed by atoms with van der Waals surface area (Å²) in [6, 6.07) is 5.23. The van der Waals surface area contributed by atoms with Crippen LogP contribution in [-0.2, 0) is 13.5 Å². The zero-order chi connectivity index (χ0) is 12.4. The Hall–Kier alpha value is -1.75. The van der Waals surface area contributed by atoms with Crippen molar-refractivity contribution in [2.75, 3.05) is 6.54 Å². The summed E-state index contributed by atoms with van der Waals surface area (Å²) in [4.78, 5) is 0. The Bertz CT molecular complexity index is 535. The van der Waals surface area contributed by atoms with Gasteiger partial charge >= 0.3 is 0 Å². The van der Waals surface area contributed by atoms with Gasteiger partial charge in [-0.25, -0.2) is 8.78 Å². The van der Waals surface area contributed by atoms with Crippen molar-refractivity contribution in [1.29, 1.82) is 0 Å². The van der Waals surface area contributed by atoms with Crippen molar-refractivity contribution in [1.82, 2.24) is 9.78 Å². The molecule has 0 fully saturated rings. The second-order valence-electron chi connectivity index (χ2n) is 3.81. The number of aryl methyl sites for hydroxylation is 1. The molecule has 0 atom stereocenters. The van der Waals surface area contributed by atoms with Crippen molar-refractivity contribution in [3.05, 3.63) is 41.6 Å². The molecule has 0 aliphatic rings. The van der Waals surface area contributed by atoms with E-state index >= 15 is 0 Å². The minimum atomic E-state index is -0.609. The van der Waals surface area contributed by atoms with E-state index in [0.717, 1.165) is 11.8 Å². The molecule has 2 rings (SSSR count). The fraction of sp³-hybridized carbons (Fsp3) is 0.250. The molecule has 1 aromatic carbocycles. The van der Waals surface area contributed by atoms with Gasteiger partial charge in [-0.05, 0) is 24.7 Å². The van der Waals surface area contributed by atoms with Crippen LogP contribution in [0.4, 0.5) is 8.78 Å². The van der Waals surface area contributed by atoms with Crippen LogP contribution in [0, 0.1) is 11.6 Å². The number of aromatic nitrogens is 2. The Morgan fingerprint density at radius 1 is 1.29 bits per heavy atom. The second-order valence-corrected chi connectivity index (χ2v) is 3.81. The highest BCUT2D eigenvalue weighted by atomic mass is 19.1. The monoisotopic (exact) mass is 237 g/mol. The Morgan fingerprint density at radius 2 is 2.06 bits per heavy atom. The summed E-state index contributed by atoms with van der Waals surface area (Å²) in [6.07, 6.45) is 0.673. The van der Waals surface area contributed by atoms with Crippen molar-refractivity contribution in [2.45, 2.75) is 6.42 Å². The van der Waals surface area contributed by atoms with Gasteiger partial charge in [-0.15, -0.1) is 0 Å². The zero-order valence-corrected chi connectivity index (χ0v) is 9.45. The molecule has 0 saturated heterocycles. The number of nitrogens with two attached hydrogens (primary N) is 1. The summed E-state index contributed by atoms with van der Waals surface area (Å²) >= 11 is 0. The highest BCUT2D eigenvalue weighted by Gasteiger charge is 2.11. The average Bonchev–Trinajstić information content (AvgIpc) is 2.60. The largest absolute Gasteiger partial charge is 0.330 e. The second kappa shape index (κ2) is 4.63. The summed E-state index contributed by atoms with van der Waals surface area (Å²) in [5, 5.41) is 4.19. The molecule has 0 unspecified atom stereocenters. The third kappa shape index (κ3) is 2.34. The Labute approximate surface area is 97.9 Å². The number of hydrogen-bond donors (Lipinski definition) is 1. The van der Waals surface area contributed by atoms with Crippen LogP contribution in [0.3, 0.4) is 0 Å². The highest BCUT2D eigenvalue weighted by Crippen LogP contribution is 2.22. The first-order chi connectivity index (χ1) is 8.11. The van der Waals surface area contributed by atoms with Gasteiger partial charge in [0.05, 0.1) is 5.69 Å². The molecule has 0 saturated carbocycles. The van der Waals surface area contributed by atoms with Crippen molar-refractivity contribution >= 4 is 0 Å². The van der Waals surface area contributed by atoms with Crippen LogP contribution in [0.2, 0.25) is 0 Å². The summed E-state index contributed by atoms with van der Waals surface area (Å²) in [6.45, 7) is 0.505. The van der Waals surface area contributed by atoms with E-state index in [4.69, 9.17) is 5.73 Å². The van der Waals surface area contributed by atoms with Crippen LogP contribution in [0.15, 0.2) is 24.3 Å². The molecule has 1 aromatic heterocycles. The molecule has 2 aromatic rings. The highest BCUT2D eigenvalue weighted by molar-refractivity contribution is 5.60. The van der Waals surface area contributed by atoms with Gasteiger partial charge in [-0.3, -0.25) is 4.68 Å². The molecule has 0 aliphatic heterocycles. The van der Waals surface area contributed by atoms with E-state index in [1.54, 1.807) is 17.8 Å². The molecular weight excluding hydrogens is 224 g/mol. The number of halogens is 2. The molecule has 0 amide bonds. The fourth-order valence-corrected chi connectivity index (χ4v) is 1.72. The van der Waals surface area contributed by atoms with Crippen LogP contribution in [0.5, 0.6) is 0 Å². The van der Waals surface area contributed by atoms with E-state index in [2.05, 4.69) is 5.10 Å². The summed E-state index contributed by atoms with van der Waals surface area (Å²) < 4.78 is 28.0. The van der Waals surface area contributed by atoms with E-state index in [0.29, 0.717) is 24.2 Å². The molecule has 90 valence electrons. The topological polar surface area (TPSA) is 43.8 Å². The Balaban J connectivity index is 2.42. The quantitative estimate of drug-likeness (QED) is 0.885. The van der Waals surface area contributed by atoms with Crippen LogP contribution in [-0.4, -0.2) is 16.3 Å². The zero-order valence-electron chi connectivity index (χ0n) is 9.45. The van der Waals surface area contributed by atoms with Crippen LogP contribution in [0.1, 0.15) is 5.69 Å². The molecule has 0 bridgehead atoms. The van der Waals surface area contributed by atoms with Gasteiger partial charge in [0.15, 0.2) is 0 Å². The van der Waals surface area contributed by atoms with Crippen molar-refractivity contribution in [2.24, 2.45) is 12.8 Å². The van der Waals surface area contributed by atoms with E-state index in [-0.39, 0.29) is 0 Å². The van der Waals surface area contributed by atoms with E-state index in [9.17, 15) is 8.78 Å². The smallest absolute Gasteiger partial charge is 0.135 e. The number of hydrogen-bond acceptors (Lipinski definition) is 2. The summed E-state index contributed by atoms with van der Waals surface area (Å²) in [7, 11) is 1.77. The molecule has 0 radical (unpaired) electrons. The predicted octanol–water partition coefficient (Wildman–Crippen LogP) is 1.87. The van der Waals surface area contributed by atoms with Crippen molar-refractivity contribution in [3.63, 3.8) is 0 Å². The van der Waals surface area contributed by atoms with Crippen molar-refractivity contribution < 1.29 is 8.78 Å². The first-order valence-electron chi connectivity index (χ1n) is 5.30. The van der Waals surface area contributed by atoms with E-state index in [1.165, 1.54) is 12.1 Å². The Kier molecular flexibility index (Phi) is 3.19. The molecule has 0 aliphatic carbocycles. The summed E-state index contributed by atoms with van der Waals surface area (Å²) in [5.41, 5.74) is 7.18. The third-order valence-electron chi connectivity index (χ3n) is 2.58. The molecule has 1 heterocycles. The first kappa shape index (κ1) is 11.7. The van der Waals surface area contributed by atoms with Gasteiger partial charge in [0.2, 0.25) is 0 Å². The lowest BCUT2D eigenvalue weighted by molar-refractivity contribution is 0.585. The number of nitrogens with zero attached hydrogens (tertiary/aromatic N) is 2. The average molecular weight is 237 g/mol. The maximum Gasteiger partial charge on any atom is 0.135 e. The lowest BCUT2D eigenvalue weighted by Crippen LogP contribution is -2.06. The van der Waals surface area contributed by atoms with Gasteiger partial charge in [-0.1, -0.05) is 0 Å². The van der Waals surface area contributed by atoms with E-state index < -0.39 is 11.6 Å². The standard InChI is InChI=1S/C12H13F2N3/c1-17-9(4-5-15)7-12(16-17)10-3-2-8(13)6-11(10)14/h2-3,6-7H,4-5,15H2,1H3. The van der Waals surface area contributed by atoms with Crippen molar-refractivity contribution in [3.8, 4) is 11.3 Å². The van der Waals surface area contributed by atoms with Gasteiger partial charge in [0.1, 0.15) is 11.6 Å². The minimum absolute atomic E-state index is 0.297. The molecule has 17 heavy (non-hydrogen) atoms. The van der Waals surface area contributed by atoms with Crippen LogP contribution in [0.25, 0.3) is 11.3 Å². The van der Waals surface area contributed by atoms with Crippen LogP contribution >= 0.6 is 0 Å². The maximum atomic E-state index is 13.5. The molecule has 5 heteroatoms. The minimum Gasteiger partial charge on any atom is -0.330 e. The lowest BCUT2D eigenvalue weighted by atomic mass is 10.1. The lowest BCUT2D eigenvalue weighted by Gasteiger charge is -1.98. The van der Waals surface area contributed by atoms with Gasteiger partial charge in [0.25, 0.3) is 0 Å². The van der Waals surface area contributed by atoms with Gasteiger partial charge in [-0.2, -0.15) is 5.10 Å². The molecular formula is C12H13F2N3. The maximum absolute atomic E-state index is 13.5. The van der Waals surface area contributed by atoms with Crippen LogP contribution < -0.4 is 5.73 Å². The molecule has 0 spiro atoms. The fourth-order valence-electron chi connectivity index (χ4n) is 1.72. The van der Waals surface area contributed by atoms with Gasteiger partial charge in [0, 0.05) is 30.8 Å². The van der Waals surface area contributed by atoms with E-state index in [1.807, 2.05) is 0 Å². The molecule has 2 N–H and O–H groups in total. The predicted molar refractivity (Wildman–Crippen MR) is 61.3 cm³/mol. The third-order valence-corrected chi connectivity index (χ3v) is 2.58. The Morgan fingerprint density at radius 3 is 2.71 bits per heavy atom.